The first-order valence-corrected chi connectivity index (χ1v) is 10.8. The molecule has 1 aliphatic rings. The summed E-state index contributed by atoms with van der Waals surface area (Å²) in [6, 6.07) is 19.9. The number of benzene rings is 3. The van der Waals surface area contributed by atoms with E-state index in [0.29, 0.717) is 12.1 Å². The summed E-state index contributed by atoms with van der Waals surface area (Å²) in [5, 5.41) is 5.48. The van der Waals surface area contributed by atoms with E-state index in [-0.39, 0.29) is 11.8 Å². The smallest absolute Gasteiger partial charge is 0.223 e. The van der Waals surface area contributed by atoms with Gasteiger partial charge in [0.05, 0.1) is 7.11 Å². The molecule has 0 aromatic heterocycles. The van der Waals surface area contributed by atoms with E-state index in [0.717, 1.165) is 55.6 Å². The molecule has 0 bridgehead atoms. The zero-order valence-corrected chi connectivity index (χ0v) is 17.8. The van der Waals surface area contributed by atoms with E-state index in [1.54, 1.807) is 7.11 Å². The molecule has 1 N–H and O–H groups in total. The monoisotopic (exact) mass is 416 g/mol. The highest BCUT2D eigenvalue weighted by molar-refractivity contribution is 5.88. The number of methoxy groups -OCH3 is 1. The zero-order chi connectivity index (χ0) is 21.6. The summed E-state index contributed by atoms with van der Waals surface area (Å²) >= 11 is 0. The van der Waals surface area contributed by atoms with Crippen LogP contribution in [0.2, 0.25) is 0 Å². The Labute approximate surface area is 183 Å². The highest BCUT2D eigenvalue weighted by Gasteiger charge is 2.25. The summed E-state index contributed by atoms with van der Waals surface area (Å²) in [6.45, 7) is 2.28. The molecule has 0 spiro atoms. The van der Waals surface area contributed by atoms with Gasteiger partial charge in [0.15, 0.2) is 0 Å². The first-order chi connectivity index (χ1) is 15.2. The molecule has 31 heavy (non-hydrogen) atoms. The van der Waals surface area contributed by atoms with Crippen LogP contribution < -0.4 is 15.0 Å². The Morgan fingerprint density at radius 1 is 1.06 bits per heavy atom. The maximum Gasteiger partial charge on any atom is 0.223 e. The van der Waals surface area contributed by atoms with Gasteiger partial charge in [-0.15, -0.1) is 0 Å². The van der Waals surface area contributed by atoms with E-state index in [9.17, 15) is 9.59 Å². The van der Waals surface area contributed by atoms with Crippen LogP contribution in [0, 0.1) is 5.92 Å². The highest BCUT2D eigenvalue weighted by atomic mass is 16.5. The summed E-state index contributed by atoms with van der Waals surface area (Å²) in [6.07, 6.45) is 3.25. The number of nitrogens with one attached hydrogen (secondary N) is 1. The minimum Gasteiger partial charge on any atom is -0.496 e. The lowest BCUT2D eigenvalue weighted by Gasteiger charge is -2.33. The van der Waals surface area contributed by atoms with Crippen molar-refractivity contribution in [2.24, 2.45) is 5.92 Å². The number of ether oxygens (including phenoxy) is 1. The zero-order valence-electron chi connectivity index (χ0n) is 17.8. The van der Waals surface area contributed by atoms with Crippen LogP contribution in [-0.4, -0.2) is 38.9 Å². The maximum atomic E-state index is 12.7. The topological polar surface area (TPSA) is 58.6 Å². The number of amides is 1. The van der Waals surface area contributed by atoms with Gasteiger partial charge >= 0.3 is 0 Å². The van der Waals surface area contributed by atoms with Gasteiger partial charge < -0.3 is 15.0 Å². The number of hydrogen-bond acceptors (Lipinski definition) is 4. The summed E-state index contributed by atoms with van der Waals surface area (Å²) in [5.41, 5.74) is 2.92. The molecule has 0 saturated carbocycles. The van der Waals surface area contributed by atoms with Crippen molar-refractivity contribution in [3.63, 3.8) is 0 Å². The van der Waals surface area contributed by atoms with Crippen LogP contribution in [-0.2, 0) is 11.2 Å². The van der Waals surface area contributed by atoms with Gasteiger partial charge in [0.25, 0.3) is 0 Å². The van der Waals surface area contributed by atoms with Gasteiger partial charge in [-0.3, -0.25) is 9.59 Å². The van der Waals surface area contributed by atoms with Gasteiger partial charge in [0, 0.05) is 42.4 Å². The summed E-state index contributed by atoms with van der Waals surface area (Å²) in [4.78, 5) is 25.8. The Kier molecular flexibility index (Phi) is 6.51. The Morgan fingerprint density at radius 2 is 1.81 bits per heavy atom. The van der Waals surface area contributed by atoms with E-state index in [1.165, 1.54) is 10.8 Å². The fraction of sp³-hybridized carbons (Fsp3) is 0.308. The van der Waals surface area contributed by atoms with E-state index in [2.05, 4.69) is 28.4 Å². The third-order valence-electron chi connectivity index (χ3n) is 6.15. The highest BCUT2D eigenvalue weighted by Crippen LogP contribution is 2.28. The second-order valence-electron chi connectivity index (χ2n) is 7.98. The van der Waals surface area contributed by atoms with Crippen LogP contribution in [0.25, 0.3) is 10.8 Å². The van der Waals surface area contributed by atoms with Crippen molar-refractivity contribution < 1.29 is 14.3 Å². The first kappa shape index (κ1) is 20.9. The normalized spacial score (nSPS) is 14.4. The van der Waals surface area contributed by atoms with Gasteiger partial charge in [0.1, 0.15) is 12.0 Å². The van der Waals surface area contributed by atoms with E-state index in [1.807, 2.05) is 42.5 Å². The molecule has 3 aromatic carbocycles. The van der Waals surface area contributed by atoms with Crippen LogP contribution in [0.3, 0.4) is 0 Å². The van der Waals surface area contributed by atoms with Crippen molar-refractivity contribution in [3.05, 3.63) is 71.8 Å². The van der Waals surface area contributed by atoms with Crippen LogP contribution in [0.4, 0.5) is 5.69 Å². The molecule has 1 amide bonds. The second-order valence-corrected chi connectivity index (χ2v) is 7.98. The molecule has 5 heteroatoms. The van der Waals surface area contributed by atoms with Gasteiger partial charge in [-0.2, -0.15) is 0 Å². The lowest BCUT2D eigenvalue weighted by atomic mass is 9.95. The maximum absolute atomic E-state index is 12.7. The molecule has 0 atom stereocenters. The molecule has 160 valence electrons. The van der Waals surface area contributed by atoms with Crippen LogP contribution in [0.15, 0.2) is 60.7 Å². The fourth-order valence-corrected chi connectivity index (χ4v) is 4.38. The van der Waals surface area contributed by atoms with Crippen molar-refractivity contribution in [1.29, 1.82) is 0 Å². The van der Waals surface area contributed by atoms with Crippen molar-refractivity contribution >= 4 is 28.7 Å². The molecular formula is C26H28N2O3. The quantitative estimate of drug-likeness (QED) is 0.586. The lowest BCUT2D eigenvalue weighted by molar-refractivity contribution is -0.125. The van der Waals surface area contributed by atoms with Crippen molar-refractivity contribution in [2.75, 3.05) is 31.6 Å². The number of rotatable bonds is 7. The predicted molar refractivity (Wildman–Crippen MR) is 124 cm³/mol. The minimum absolute atomic E-state index is 0.0416. The second kappa shape index (κ2) is 9.65. The summed E-state index contributed by atoms with van der Waals surface area (Å²) < 4.78 is 5.56. The van der Waals surface area contributed by atoms with Crippen molar-refractivity contribution in [3.8, 4) is 5.75 Å². The molecule has 0 unspecified atom stereocenters. The lowest BCUT2D eigenvalue weighted by Crippen LogP contribution is -2.41. The Hall–Kier alpha value is -3.34. The van der Waals surface area contributed by atoms with Crippen LogP contribution in [0.5, 0.6) is 5.75 Å². The average Bonchev–Trinajstić information content (AvgIpc) is 2.84. The molecule has 1 heterocycles. The fourth-order valence-electron chi connectivity index (χ4n) is 4.38. The van der Waals surface area contributed by atoms with Gasteiger partial charge in [-0.05, 0) is 60.4 Å². The molecule has 0 aliphatic carbocycles. The van der Waals surface area contributed by atoms with Crippen LogP contribution >= 0.6 is 0 Å². The number of nitrogens with zero attached hydrogens (tertiary/aromatic N) is 1. The molecule has 5 nitrogen and oxygen atoms in total. The van der Waals surface area contributed by atoms with E-state index >= 15 is 0 Å². The number of aldehydes is 1. The van der Waals surface area contributed by atoms with Crippen molar-refractivity contribution in [1.82, 2.24) is 5.32 Å². The Bertz CT molecular complexity index is 1050. The van der Waals surface area contributed by atoms with E-state index in [4.69, 9.17) is 4.74 Å². The first-order valence-electron chi connectivity index (χ1n) is 10.8. The minimum atomic E-state index is 0.0416. The number of hydrogen-bond donors (Lipinski definition) is 1. The molecule has 0 radical (unpaired) electrons. The molecule has 1 aliphatic heterocycles. The largest absolute Gasteiger partial charge is 0.496 e. The summed E-state index contributed by atoms with van der Waals surface area (Å²) in [5.74, 6) is 1.04. The van der Waals surface area contributed by atoms with Gasteiger partial charge in [-0.25, -0.2) is 0 Å². The average molecular weight is 417 g/mol. The molecule has 3 aromatic rings. The third-order valence-corrected chi connectivity index (χ3v) is 6.15. The number of anilines is 1. The third kappa shape index (κ3) is 4.71. The van der Waals surface area contributed by atoms with Gasteiger partial charge in [-0.1, -0.05) is 30.3 Å². The standard InChI is InChI=1S/C26H28N2O3/c1-31-25-11-8-20-4-2-3-5-23(20)24(25)12-15-27-26(30)21-13-16-28(17-14-21)22-9-6-19(18-29)7-10-22/h2-11,18,21H,12-17H2,1H3,(H,27,30). The predicted octanol–water partition coefficient (Wildman–Crippen LogP) is 4.24. The number of carbonyl (C=O) groups is 2. The Balaban J connectivity index is 1.31. The van der Waals surface area contributed by atoms with E-state index < -0.39 is 0 Å². The number of piperidine rings is 1. The molecule has 4 rings (SSSR count). The summed E-state index contributed by atoms with van der Waals surface area (Å²) in [7, 11) is 1.69. The van der Waals surface area contributed by atoms with Gasteiger partial charge in [0.2, 0.25) is 5.91 Å². The van der Waals surface area contributed by atoms with Crippen molar-refractivity contribution in [2.45, 2.75) is 19.3 Å². The molecule has 1 fully saturated rings. The van der Waals surface area contributed by atoms with Crippen LogP contribution in [0.1, 0.15) is 28.8 Å². The Morgan fingerprint density at radius 3 is 2.52 bits per heavy atom. The molecular weight excluding hydrogens is 388 g/mol. The SMILES string of the molecule is COc1ccc2ccccc2c1CCNC(=O)C1CCN(c2ccc(C=O)cc2)CC1. The number of fused-ring (bicyclic) bond motifs is 1. The molecule has 1 saturated heterocycles. The number of carbonyl (C=O) groups excluding carboxylic acids is 2.